The number of hydrogen-bond acceptors (Lipinski definition) is 1. The second-order valence-corrected chi connectivity index (χ2v) is 1.10. The van der Waals surface area contributed by atoms with E-state index in [4.69, 9.17) is 0 Å². The molecule has 1 nitrogen and oxygen atoms in total. The Morgan fingerprint density at radius 2 is 2.14 bits per heavy atom. The highest BCUT2D eigenvalue weighted by Gasteiger charge is 1.70. The Morgan fingerprint density at radius 1 is 1.43 bits per heavy atom. The minimum atomic E-state index is 0.812. The van der Waals surface area contributed by atoms with Gasteiger partial charge in [-0.25, -0.2) is 0 Å². The van der Waals surface area contributed by atoms with Crippen molar-refractivity contribution < 1.29 is 0 Å². The van der Waals surface area contributed by atoms with E-state index in [-0.39, 0.29) is 0 Å². The fourth-order valence-corrected chi connectivity index (χ4v) is 0.235. The summed E-state index contributed by atoms with van der Waals surface area (Å²) in [6.45, 7) is 9.59. The molecule has 39 valence electrons. The molecule has 0 aromatic heterocycles. The quantitative estimate of drug-likeness (QED) is 0.410. The van der Waals surface area contributed by atoms with Crippen LogP contribution in [0.3, 0.4) is 0 Å². The van der Waals surface area contributed by atoms with E-state index in [0.717, 1.165) is 6.54 Å². The Labute approximate surface area is 44.7 Å². The van der Waals surface area contributed by atoms with Crippen LogP contribution in [0.2, 0.25) is 0 Å². The van der Waals surface area contributed by atoms with Gasteiger partial charge >= 0.3 is 0 Å². The monoisotopic (exact) mass is 98.1 g/mol. The third-order valence-electron chi connectivity index (χ3n) is 0.498. The van der Waals surface area contributed by atoms with E-state index >= 15 is 0 Å². The second kappa shape index (κ2) is 5.44. The summed E-state index contributed by atoms with van der Waals surface area (Å²) in [4.78, 5) is 0. The van der Waals surface area contributed by atoms with Crippen molar-refractivity contribution in [2.24, 2.45) is 0 Å². The van der Waals surface area contributed by atoms with E-state index in [9.17, 15) is 0 Å². The lowest BCUT2D eigenvalue weighted by atomic mass is 10.7. The van der Waals surface area contributed by atoms with Crippen LogP contribution in [0.1, 0.15) is 0 Å². The molecule has 0 aliphatic heterocycles. The van der Waals surface area contributed by atoms with Gasteiger partial charge in [0.05, 0.1) is 0 Å². The summed E-state index contributed by atoms with van der Waals surface area (Å²) >= 11 is 0. The van der Waals surface area contributed by atoms with Crippen molar-refractivity contribution in [3.8, 4) is 0 Å². The maximum atomic E-state index is 3.52. The molecule has 0 fully saturated rings. The Balaban J connectivity index is 2.68. The van der Waals surface area contributed by atoms with Crippen molar-refractivity contribution in [2.75, 3.05) is 6.54 Å². The molecule has 0 saturated heterocycles. The molecule has 0 heterocycles. The van der Waals surface area contributed by atoms with E-state index in [1.165, 1.54) is 0 Å². The van der Waals surface area contributed by atoms with Crippen molar-refractivity contribution in [3.05, 3.63) is 31.9 Å². The predicted molar refractivity (Wildman–Crippen MR) is 32.7 cm³/mol. The van der Waals surface area contributed by atoms with Crippen LogP contribution in [0, 0.1) is 6.54 Å². The van der Waals surface area contributed by atoms with Gasteiger partial charge in [-0.15, -0.1) is 13.2 Å². The highest BCUT2D eigenvalue weighted by molar-refractivity contribution is 4.86. The standard InChI is InChI=1S/C6H10N/c1-3-5-7-6-4-2/h3-5,7H,1-2,6H2/i6+2. The van der Waals surface area contributed by atoms with Crippen LogP contribution in [0.15, 0.2) is 25.3 Å². The number of hydrogen-bond donors (Lipinski definition) is 1. The number of nitrogens with one attached hydrogen (secondary N) is 1. The van der Waals surface area contributed by atoms with E-state index in [1.54, 1.807) is 18.7 Å². The van der Waals surface area contributed by atoms with E-state index in [2.05, 4.69) is 18.5 Å². The van der Waals surface area contributed by atoms with Crippen LogP contribution >= 0.6 is 0 Å². The Kier molecular flexibility index (Phi) is 5.00. The molecular formula is C6H10N. The summed E-state index contributed by atoms with van der Waals surface area (Å²) in [5, 5.41) is 2.92. The fourth-order valence-electron chi connectivity index (χ4n) is 0.235. The minimum absolute atomic E-state index is 0.812. The molecule has 0 aromatic rings. The molecule has 0 unspecified atom stereocenters. The molecule has 7 heavy (non-hydrogen) atoms. The van der Waals surface area contributed by atoms with Crippen LogP contribution in [0.4, 0.5) is 0 Å². The summed E-state index contributed by atoms with van der Waals surface area (Å²) in [5.41, 5.74) is 0. The molecule has 0 aliphatic rings. The van der Waals surface area contributed by atoms with Gasteiger partial charge in [0, 0.05) is 13.1 Å². The lowest BCUT2D eigenvalue weighted by molar-refractivity contribution is 0.932. The maximum absolute atomic E-state index is 3.52. The third-order valence-corrected chi connectivity index (χ3v) is 0.498. The summed E-state index contributed by atoms with van der Waals surface area (Å²) in [5.74, 6) is 0. The van der Waals surface area contributed by atoms with E-state index < -0.39 is 0 Å². The Morgan fingerprint density at radius 3 is 2.57 bits per heavy atom. The average Bonchev–Trinajstić information content (AvgIpc) is 1.69. The highest BCUT2D eigenvalue weighted by atomic mass is 15.3. The Hall–Kier alpha value is -0.560. The molecule has 1 N–H and O–H groups in total. The SMILES string of the molecule is C=C[CH]N[14CH2]C=C. The minimum Gasteiger partial charge on any atom is -0.305 e. The first-order valence-corrected chi connectivity index (χ1v) is 2.20. The first-order valence-electron chi connectivity index (χ1n) is 2.20. The normalized spacial score (nSPS) is 8.00. The summed E-state index contributed by atoms with van der Waals surface area (Å²) < 4.78 is 0. The Bertz CT molecular complexity index is 49.2. The maximum Gasteiger partial charge on any atom is 0.0441 e. The first-order chi connectivity index (χ1) is 3.41. The van der Waals surface area contributed by atoms with Gasteiger partial charge in [-0.1, -0.05) is 12.2 Å². The average molecular weight is 98.1 g/mol. The van der Waals surface area contributed by atoms with Crippen molar-refractivity contribution in [1.82, 2.24) is 5.32 Å². The molecule has 0 saturated carbocycles. The van der Waals surface area contributed by atoms with Crippen LogP contribution in [-0.4, -0.2) is 6.54 Å². The molecule has 0 spiro atoms. The van der Waals surface area contributed by atoms with Gasteiger partial charge in [0.1, 0.15) is 0 Å². The van der Waals surface area contributed by atoms with Crippen LogP contribution in [0.25, 0.3) is 0 Å². The number of rotatable bonds is 4. The second-order valence-electron chi connectivity index (χ2n) is 1.10. The molecule has 0 aliphatic carbocycles. The highest BCUT2D eigenvalue weighted by Crippen LogP contribution is 1.66. The van der Waals surface area contributed by atoms with Crippen LogP contribution in [0.5, 0.6) is 0 Å². The topological polar surface area (TPSA) is 12.0 Å². The third kappa shape index (κ3) is 5.44. The van der Waals surface area contributed by atoms with Gasteiger partial charge in [0.15, 0.2) is 0 Å². The molecule has 1 heteroatoms. The van der Waals surface area contributed by atoms with Crippen LogP contribution in [-0.2, 0) is 0 Å². The molecule has 0 bridgehead atoms. The molecule has 0 aromatic carbocycles. The smallest absolute Gasteiger partial charge is 0.0441 e. The van der Waals surface area contributed by atoms with Gasteiger partial charge in [-0.3, -0.25) is 0 Å². The van der Waals surface area contributed by atoms with E-state index in [1.807, 2.05) is 0 Å². The molecule has 0 rings (SSSR count). The first kappa shape index (κ1) is 6.44. The zero-order valence-electron chi connectivity index (χ0n) is 4.35. The summed E-state index contributed by atoms with van der Waals surface area (Å²) in [7, 11) is 0. The van der Waals surface area contributed by atoms with Gasteiger partial charge in [0.25, 0.3) is 0 Å². The zero-order chi connectivity index (χ0) is 5.54. The van der Waals surface area contributed by atoms with E-state index in [0.29, 0.717) is 0 Å². The lowest BCUT2D eigenvalue weighted by Crippen LogP contribution is -2.06. The largest absolute Gasteiger partial charge is 0.305 e. The van der Waals surface area contributed by atoms with Gasteiger partial charge in [-0.05, 0) is 0 Å². The summed E-state index contributed by atoms with van der Waals surface area (Å²) in [6, 6.07) is 0. The molecule has 1 radical (unpaired) electrons. The van der Waals surface area contributed by atoms with Crippen molar-refractivity contribution in [2.45, 2.75) is 0 Å². The van der Waals surface area contributed by atoms with Gasteiger partial charge in [0.2, 0.25) is 0 Å². The zero-order valence-corrected chi connectivity index (χ0v) is 4.35. The predicted octanol–water partition coefficient (Wildman–Crippen LogP) is 1.11. The summed E-state index contributed by atoms with van der Waals surface area (Å²) in [6.07, 6.45) is 3.49. The molecular weight excluding hydrogens is 88.1 g/mol. The van der Waals surface area contributed by atoms with Crippen molar-refractivity contribution in [1.29, 1.82) is 0 Å². The van der Waals surface area contributed by atoms with Crippen molar-refractivity contribution >= 4 is 0 Å². The van der Waals surface area contributed by atoms with Gasteiger partial charge < -0.3 is 5.32 Å². The van der Waals surface area contributed by atoms with Gasteiger partial charge in [-0.2, -0.15) is 0 Å². The fraction of sp³-hybridized carbons (Fsp3) is 0.167. The lowest BCUT2D eigenvalue weighted by Gasteiger charge is -1.89. The van der Waals surface area contributed by atoms with Crippen molar-refractivity contribution in [3.63, 3.8) is 0 Å². The van der Waals surface area contributed by atoms with Crippen LogP contribution < -0.4 is 5.32 Å². The molecule has 0 amide bonds. The molecule has 0 atom stereocenters.